The Labute approximate surface area is 169 Å². The molecule has 0 spiro atoms. The van der Waals surface area contributed by atoms with Crippen molar-refractivity contribution in [3.8, 4) is 5.75 Å². The van der Waals surface area contributed by atoms with Crippen LogP contribution in [0.5, 0.6) is 5.75 Å². The highest BCUT2D eigenvalue weighted by Crippen LogP contribution is 2.37. The normalized spacial score (nSPS) is 16.4. The highest BCUT2D eigenvalue weighted by atomic mass is 79.9. The standard InChI is InChI=1S/C20H19BrF3NO3/c21-15-6-4-14(5-7-15)19(8-10-27-11-9-19)18(26)25-16-2-1-3-17(12-16)28-13-20(22,23)24/h1-7,12H,8-11,13H2,(H,25,26). The molecule has 0 atom stereocenters. The third-order valence-corrected chi connectivity index (χ3v) is 5.20. The molecule has 28 heavy (non-hydrogen) atoms. The van der Waals surface area contributed by atoms with Gasteiger partial charge in [-0.15, -0.1) is 0 Å². The molecule has 4 nitrogen and oxygen atoms in total. The highest BCUT2D eigenvalue weighted by Gasteiger charge is 2.41. The van der Waals surface area contributed by atoms with Crippen LogP contribution in [0.3, 0.4) is 0 Å². The van der Waals surface area contributed by atoms with E-state index in [0.29, 0.717) is 31.7 Å². The number of benzene rings is 2. The molecule has 1 amide bonds. The first-order valence-corrected chi connectivity index (χ1v) is 9.53. The van der Waals surface area contributed by atoms with Crippen LogP contribution < -0.4 is 10.1 Å². The second kappa shape index (κ2) is 8.53. The third-order valence-electron chi connectivity index (χ3n) is 4.67. The molecule has 0 unspecified atom stereocenters. The summed E-state index contributed by atoms with van der Waals surface area (Å²) in [6.45, 7) is -0.471. The quantitative estimate of drug-likeness (QED) is 0.680. The number of carbonyl (C=O) groups is 1. The lowest BCUT2D eigenvalue weighted by Gasteiger charge is -2.36. The lowest BCUT2D eigenvalue weighted by molar-refractivity contribution is -0.153. The smallest absolute Gasteiger partial charge is 0.422 e. The Hall–Kier alpha value is -2.06. The van der Waals surface area contributed by atoms with E-state index in [1.165, 1.54) is 18.2 Å². The fraction of sp³-hybridized carbons (Fsp3) is 0.350. The molecule has 1 saturated heterocycles. The molecule has 0 bridgehead atoms. The largest absolute Gasteiger partial charge is 0.484 e. The molecule has 1 N–H and O–H groups in total. The van der Waals surface area contributed by atoms with Crippen molar-refractivity contribution < 1.29 is 27.4 Å². The second-order valence-corrected chi connectivity index (χ2v) is 7.50. The van der Waals surface area contributed by atoms with Gasteiger partial charge in [0.05, 0.1) is 5.41 Å². The molecule has 0 saturated carbocycles. The Kier molecular flexibility index (Phi) is 6.30. The van der Waals surface area contributed by atoms with Gasteiger partial charge in [-0.05, 0) is 42.7 Å². The number of rotatable bonds is 5. The first kappa shape index (κ1) is 20.7. The van der Waals surface area contributed by atoms with Gasteiger partial charge in [-0.25, -0.2) is 0 Å². The minimum atomic E-state index is -4.42. The number of carbonyl (C=O) groups excluding carboxylic acids is 1. The maximum Gasteiger partial charge on any atom is 0.422 e. The van der Waals surface area contributed by atoms with Crippen LogP contribution in [-0.2, 0) is 14.9 Å². The van der Waals surface area contributed by atoms with E-state index >= 15 is 0 Å². The molecule has 1 fully saturated rings. The molecule has 0 aliphatic carbocycles. The summed E-state index contributed by atoms with van der Waals surface area (Å²) in [6, 6.07) is 13.5. The van der Waals surface area contributed by atoms with Gasteiger partial charge in [0.25, 0.3) is 0 Å². The van der Waals surface area contributed by atoms with E-state index in [-0.39, 0.29) is 11.7 Å². The van der Waals surface area contributed by atoms with Gasteiger partial charge < -0.3 is 14.8 Å². The first-order valence-electron chi connectivity index (χ1n) is 8.73. The van der Waals surface area contributed by atoms with Gasteiger partial charge in [0, 0.05) is 29.4 Å². The Balaban J connectivity index is 1.80. The Morgan fingerprint density at radius 3 is 2.46 bits per heavy atom. The zero-order valence-corrected chi connectivity index (χ0v) is 16.5. The number of ether oxygens (including phenoxy) is 2. The van der Waals surface area contributed by atoms with E-state index in [9.17, 15) is 18.0 Å². The van der Waals surface area contributed by atoms with Crippen molar-refractivity contribution >= 4 is 27.5 Å². The summed E-state index contributed by atoms with van der Waals surface area (Å²) in [5, 5.41) is 2.84. The number of nitrogens with one attached hydrogen (secondary N) is 1. The molecule has 1 heterocycles. The first-order chi connectivity index (χ1) is 13.3. The molecule has 150 valence electrons. The number of alkyl halides is 3. The van der Waals surface area contributed by atoms with E-state index in [1.54, 1.807) is 6.07 Å². The maximum atomic E-state index is 13.2. The van der Waals surface area contributed by atoms with Gasteiger partial charge in [0.1, 0.15) is 5.75 Å². The average molecular weight is 458 g/mol. The SMILES string of the molecule is O=C(Nc1cccc(OCC(F)(F)F)c1)C1(c2ccc(Br)cc2)CCOCC1. The zero-order chi connectivity index (χ0) is 20.2. The second-order valence-electron chi connectivity index (χ2n) is 6.59. The monoisotopic (exact) mass is 457 g/mol. The number of halogens is 4. The lowest BCUT2D eigenvalue weighted by atomic mass is 9.73. The summed E-state index contributed by atoms with van der Waals surface area (Å²) < 4.78 is 48.2. The number of anilines is 1. The van der Waals surface area contributed by atoms with E-state index in [2.05, 4.69) is 21.2 Å². The van der Waals surface area contributed by atoms with E-state index < -0.39 is 18.2 Å². The van der Waals surface area contributed by atoms with Crippen LogP contribution in [0.4, 0.5) is 18.9 Å². The molecule has 2 aromatic carbocycles. The lowest BCUT2D eigenvalue weighted by Crippen LogP contribution is -2.44. The van der Waals surface area contributed by atoms with Gasteiger partial charge in [-0.1, -0.05) is 34.1 Å². The molecule has 1 aliphatic rings. The Morgan fingerprint density at radius 2 is 1.82 bits per heavy atom. The summed E-state index contributed by atoms with van der Waals surface area (Å²) >= 11 is 3.40. The fourth-order valence-electron chi connectivity index (χ4n) is 3.22. The number of hydrogen-bond donors (Lipinski definition) is 1. The van der Waals surface area contributed by atoms with Gasteiger partial charge in [-0.2, -0.15) is 13.2 Å². The van der Waals surface area contributed by atoms with Crippen molar-refractivity contribution in [1.82, 2.24) is 0 Å². The van der Waals surface area contributed by atoms with Gasteiger partial charge >= 0.3 is 6.18 Å². The predicted octanol–water partition coefficient (Wildman–Crippen LogP) is 5.08. The highest BCUT2D eigenvalue weighted by molar-refractivity contribution is 9.10. The maximum absolute atomic E-state index is 13.2. The van der Waals surface area contributed by atoms with Crippen molar-refractivity contribution in [3.05, 3.63) is 58.6 Å². The number of amides is 1. The molecule has 2 aromatic rings. The van der Waals surface area contributed by atoms with Crippen LogP contribution in [0.15, 0.2) is 53.0 Å². The van der Waals surface area contributed by atoms with Crippen LogP contribution in [0.25, 0.3) is 0 Å². The van der Waals surface area contributed by atoms with Crippen molar-refractivity contribution in [2.45, 2.75) is 24.4 Å². The van der Waals surface area contributed by atoms with E-state index in [1.807, 2.05) is 24.3 Å². The average Bonchev–Trinajstić information content (AvgIpc) is 2.67. The van der Waals surface area contributed by atoms with Crippen molar-refractivity contribution in [2.24, 2.45) is 0 Å². The molecule has 0 aromatic heterocycles. The van der Waals surface area contributed by atoms with E-state index in [0.717, 1.165) is 10.0 Å². The van der Waals surface area contributed by atoms with Crippen LogP contribution in [0.1, 0.15) is 18.4 Å². The number of hydrogen-bond acceptors (Lipinski definition) is 3. The minimum Gasteiger partial charge on any atom is -0.484 e. The Morgan fingerprint density at radius 1 is 1.14 bits per heavy atom. The van der Waals surface area contributed by atoms with Gasteiger partial charge in [-0.3, -0.25) is 4.79 Å². The van der Waals surface area contributed by atoms with Crippen LogP contribution in [0.2, 0.25) is 0 Å². The van der Waals surface area contributed by atoms with Crippen molar-refractivity contribution in [2.75, 3.05) is 25.1 Å². The predicted molar refractivity (Wildman–Crippen MR) is 102 cm³/mol. The third kappa shape index (κ3) is 5.05. The summed E-state index contributed by atoms with van der Waals surface area (Å²) in [5.74, 6) is -0.175. The minimum absolute atomic E-state index is 0.0415. The summed E-state index contributed by atoms with van der Waals surface area (Å²) in [6.07, 6.45) is -3.39. The summed E-state index contributed by atoms with van der Waals surface area (Å²) in [4.78, 5) is 13.2. The van der Waals surface area contributed by atoms with Gasteiger partial charge in [0.15, 0.2) is 6.61 Å². The molecule has 8 heteroatoms. The van der Waals surface area contributed by atoms with Crippen molar-refractivity contribution in [3.63, 3.8) is 0 Å². The summed E-state index contributed by atoms with van der Waals surface area (Å²) in [5.41, 5.74) is 0.496. The molecule has 0 radical (unpaired) electrons. The van der Waals surface area contributed by atoms with E-state index in [4.69, 9.17) is 9.47 Å². The summed E-state index contributed by atoms with van der Waals surface area (Å²) in [7, 11) is 0. The van der Waals surface area contributed by atoms with Crippen molar-refractivity contribution in [1.29, 1.82) is 0 Å². The van der Waals surface area contributed by atoms with Crippen LogP contribution >= 0.6 is 15.9 Å². The zero-order valence-electron chi connectivity index (χ0n) is 14.9. The molecule has 3 rings (SSSR count). The van der Waals surface area contributed by atoms with Crippen LogP contribution in [0, 0.1) is 0 Å². The molecule has 1 aliphatic heterocycles. The van der Waals surface area contributed by atoms with Crippen LogP contribution in [-0.4, -0.2) is 31.9 Å². The molecular formula is C20H19BrF3NO3. The molecular weight excluding hydrogens is 439 g/mol. The van der Waals surface area contributed by atoms with Gasteiger partial charge in [0.2, 0.25) is 5.91 Å². The topological polar surface area (TPSA) is 47.6 Å². The Bertz CT molecular complexity index is 818. The fourth-order valence-corrected chi connectivity index (χ4v) is 3.48.